The average Bonchev–Trinajstić information content (AvgIpc) is 2.13. The number of carbonyl (C=O) groups excluding carboxylic acids is 1. The highest BCUT2D eigenvalue weighted by molar-refractivity contribution is 8.00. The highest BCUT2D eigenvalue weighted by Crippen LogP contribution is 1.98. The first-order valence-electron chi connectivity index (χ1n) is 4.77. The molecule has 0 unspecified atom stereocenters. The maximum absolute atomic E-state index is 11.2. The van der Waals surface area contributed by atoms with Crippen molar-refractivity contribution in [1.82, 2.24) is 10.2 Å². The summed E-state index contributed by atoms with van der Waals surface area (Å²) in [5.74, 6) is 1.50. The van der Waals surface area contributed by atoms with Gasteiger partial charge >= 0.3 is 0 Å². The van der Waals surface area contributed by atoms with Gasteiger partial charge in [-0.2, -0.15) is 0 Å². The number of thioether (sulfide) groups is 1. The van der Waals surface area contributed by atoms with E-state index in [0.29, 0.717) is 5.75 Å². The fraction of sp³-hybridized carbons (Fsp3) is 0.700. The van der Waals surface area contributed by atoms with Crippen LogP contribution in [0.15, 0.2) is 12.7 Å². The normalized spacial score (nSPS) is 10.2. The lowest BCUT2D eigenvalue weighted by Crippen LogP contribution is -2.28. The largest absolute Gasteiger partial charge is 0.355 e. The van der Waals surface area contributed by atoms with Gasteiger partial charge in [-0.3, -0.25) is 4.79 Å². The summed E-state index contributed by atoms with van der Waals surface area (Å²) in [5.41, 5.74) is 0. The molecule has 4 heteroatoms. The van der Waals surface area contributed by atoms with E-state index in [0.717, 1.165) is 25.3 Å². The summed E-state index contributed by atoms with van der Waals surface area (Å²) in [6, 6.07) is 0. The Labute approximate surface area is 90.9 Å². The van der Waals surface area contributed by atoms with Gasteiger partial charge in [0.15, 0.2) is 0 Å². The molecule has 0 spiro atoms. The molecule has 1 amide bonds. The topological polar surface area (TPSA) is 32.3 Å². The van der Waals surface area contributed by atoms with E-state index < -0.39 is 0 Å². The number of amides is 1. The van der Waals surface area contributed by atoms with Crippen molar-refractivity contribution in [3.05, 3.63) is 12.7 Å². The molecular formula is C10H20N2OS. The van der Waals surface area contributed by atoms with Crippen LogP contribution in [0.1, 0.15) is 6.42 Å². The van der Waals surface area contributed by atoms with Crippen LogP contribution in [-0.2, 0) is 4.79 Å². The minimum Gasteiger partial charge on any atom is -0.355 e. The molecule has 0 aromatic carbocycles. The van der Waals surface area contributed by atoms with Crippen molar-refractivity contribution in [3.8, 4) is 0 Å². The van der Waals surface area contributed by atoms with E-state index in [9.17, 15) is 4.79 Å². The fourth-order valence-electron chi connectivity index (χ4n) is 0.909. The molecule has 3 nitrogen and oxygen atoms in total. The van der Waals surface area contributed by atoms with Crippen LogP contribution in [0.5, 0.6) is 0 Å². The fourth-order valence-corrected chi connectivity index (χ4v) is 1.48. The lowest BCUT2D eigenvalue weighted by atomic mass is 10.4. The van der Waals surface area contributed by atoms with Crippen molar-refractivity contribution >= 4 is 17.7 Å². The first-order valence-corrected chi connectivity index (χ1v) is 5.92. The molecule has 0 bridgehead atoms. The second kappa shape index (κ2) is 9.09. The molecule has 0 radical (unpaired) electrons. The van der Waals surface area contributed by atoms with Crippen LogP contribution in [0.25, 0.3) is 0 Å². The van der Waals surface area contributed by atoms with E-state index in [2.05, 4.69) is 16.8 Å². The summed E-state index contributed by atoms with van der Waals surface area (Å²) in [7, 11) is 4.06. The molecule has 14 heavy (non-hydrogen) atoms. The van der Waals surface area contributed by atoms with Crippen molar-refractivity contribution in [2.24, 2.45) is 0 Å². The predicted octanol–water partition coefficient (Wildman–Crippen LogP) is 0.973. The molecule has 1 N–H and O–H groups in total. The number of nitrogens with one attached hydrogen (secondary N) is 1. The van der Waals surface area contributed by atoms with Crippen LogP contribution < -0.4 is 5.32 Å². The second-order valence-corrected chi connectivity index (χ2v) is 4.34. The van der Waals surface area contributed by atoms with Crippen LogP contribution in [0.3, 0.4) is 0 Å². The molecule has 0 aliphatic heterocycles. The number of rotatable bonds is 8. The number of hydrogen-bond donors (Lipinski definition) is 1. The molecule has 0 aliphatic rings. The van der Waals surface area contributed by atoms with Crippen LogP contribution in [-0.4, -0.2) is 49.5 Å². The summed E-state index contributed by atoms with van der Waals surface area (Å²) in [6.45, 7) is 5.38. The molecule has 0 fully saturated rings. The van der Waals surface area contributed by atoms with Gasteiger partial charge in [-0.25, -0.2) is 0 Å². The van der Waals surface area contributed by atoms with Gasteiger partial charge in [-0.15, -0.1) is 18.3 Å². The third-order valence-electron chi connectivity index (χ3n) is 1.57. The monoisotopic (exact) mass is 216 g/mol. The number of carbonyl (C=O) groups is 1. The molecule has 0 aromatic rings. The summed E-state index contributed by atoms with van der Waals surface area (Å²) < 4.78 is 0. The van der Waals surface area contributed by atoms with Crippen LogP contribution in [0.2, 0.25) is 0 Å². The van der Waals surface area contributed by atoms with Crippen molar-refractivity contribution in [1.29, 1.82) is 0 Å². The van der Waals surface area contributed by atoms with Gasteiger partial charge < -0.3 is 10.2 Å². The summed E-state index contributed by atoms with van der Waals surface area (Å²) in [4.78, 5) is 13.3. The van der Waals surface area contributed by atoms with E-state index in [-0.39, 0.29) is 5.91 Å². The minimum atomic E-state index is 0.121. The summed E-state index contributed by atoms with van der Waals surface area (Å²) in [5, 5.41) is 2.88. The molecular weight excluding hydrogens is 196 g/mol. The van der Waals surface area contributed by atoms with E-state index in [4.69, 9.17) is 0 Å². The first-order chi connectivity index (χ1) is 6.66. The van der Waals surface area contributed by atoms with Crippen molar-refractivity contribution in [2.75, 3.05) is 38.7 Å². The van der Waals surface area contributed by atoms with E-state index in [1.54, 1.807) is 11.8 Å². The second-order valence-electron chi connectivity index (χ2n) is 3.31. The van der Waals surface area contributed by atoms with Gasteiger partial charge in [0.2, 0.25) is 5.91 Å². The third kappa shape index (κ3) is 9.61. The highest BCUT2D eigenvalue weighted by atomic mass is 32.2. The Morgan fingerprint density at radius 1 is 1.57 bits per heavy atom. The Bertz CT molecular complexity index is 172. The summed E-state index contributed by atoms with van der Waals surface area (Å²) >= 11 is 1.59. The molecule has 82 valence electrons. The van der Waals surface area contributed by atoms with E-state index in [1.807, 2.05) is 20.2 Å². The molecule has 0 rings (SSSR count). The van der Waals surface area contributed by atoms with Gasteiger partial charge in [0.25, 0.3) is 0 Å². The van der Waals surface area contributed by atoms with Crippen LogP contribution >= 0.6 is 11.8 Å². The first kappa shape index (κ1) is 13.5. The zero-order valence-electron chi connectivity index (χ0n) is 9.08. The summed E-state index contributed by atoms with van der Waals surface area (Å²) in [6.07, 6.45) is 2.81. The zero-order valence-corrected chi connectivity index (χ0v) is 9.90. The highest BCUT2D eigenvalue weighted by Gasteiger charge is 1.99. The molecule has 0 heterocycles. The van der Waals surface area contributed by atoms with Gasteiger partial charge in [0.05, 0.1) is 5.75 Å². The molecule has 0 atom stereocenters. The predicted molar refractivity (Wildman–Crippen MR) is 63.7 cm³/mol. The number of hydrogen-bond acceptors (Lipinski definition) is 3. The van der Waals surface area contributed by atoms with Gasteiger partial charge in [-0.1, -0.05) is 6.08 Å². The van der Waals surface area contributed by atoms with Gasteiger partial charge in [0, 0.05) is 12.3 Å². The van der Waals surface area contributed by atoms with Crippen molar-refractivity contribution < 1.29 is 4.79 Å². The molecule has 0 saturated heterocycles. The maximum Gasteiger partial charge on any atom is 0.230 e. The Balaban J connectivity index is 3.22. The van der Waals surface area contributed by atoms with Gasteiger partial charge in [-0.05, 0) is 27.1 Å². The lowest BCUT2D eigenvalue weighted by Gasteiger charge is -2.09. The third-order valence-corrected chi connectivity index (χ3v) is 2.51. The quantitative estimate of drug-likeness (QED) is 0.485. The SMILES string of the molecule is C=CCSCC(=O)NCCCN(C)C. The Hall–Kier alpha value is -0.480. The minimum absolute atomic E-state index is 0.121. The smallest absolute Gasteiger partial charge is 0.230 e. The molecule has 0 aliphatic carbocycles. The number of nitrogens with zero attached hydrogens (tertiary/aromatic N) is 1. The Kier molecular flexibility index (Phi) is 8.78. The van der Waals surface area contributed by atoms with Gasteiger partial charge in [0.1, 0.15) is 0 Å². The van der Waals surface area contributed by atoms with Crippen LogP contribution in [0, 0.1) is 0 Å². The van der Waals surface area contributed by atoms with Crippen molar-refractivity contribution in [2.45, 2.75) is 6.42 Å². The zero-order chi connectivity index (χ0) is 10.8. The molecule has 0 saturated carbocycles. The molecule has 0 aromatic heterocycles. The average molecular weight is 216 g/mol. The Morgan fingerprint density at radius 3 is 2.86 bits per heavy atom. The van der Waals surface area contributed by atoms with E-state index >= 15 is 0 Å². The van der Waals surface area contributed by atoms with E-state index in [1.165, 1.54) is 0 Å². The Morgan fingerprint density at radius 2 is 2.29 bits per heavy atom. The van der Waals surface area contributed by atoms with Crippen LogP contribution in [0.4, 0.5) is 0 Å². The van der Waals surface area contributed by atoms with Crippen molar-refractivity contribution in [3.63, 3.8) is 0 Å². The lowest BCUT2D eigenvalue weighted by molar-refractivity contribution is -0.118. The standard InChI is InChI=1S/C10H20N2OS/c1-4-8-14-9-10(13)11-6-5-7-12(2)3/h4H,1,5-9H2,2-3H3,(H,11,13). The maximum atomic E-state index is 11.2.